The summed E-state index contributed by atoms with van der Waals surface area (Å²) in [6.45, 7) is 0.561. The first-order valence-electron chi connectivity index (χ1n) is 10.9. The molecule has 0 saturated heterocycles. The number of allylic oxidation sites excluding steroid dienone is 1. The Labute approximate surface area is 212 Å². The van der Waals surface area contributed by atoms with Gasteiger partial charge in [0.2, 0.25) is 21.8 Å². The molecule has 0 bridgehead atoms. The van der Waals surface area contributed by atoms with Gasteiger partial charge in [-0.15, -0.1) is 11.3 Å². The molecule has 182 valence electrons. The van der Waals surface area contributed by atoms with Crippen molar-refractivity contribution in [2.24, 2.45) is 10.1 Å². The first-order valence-corrected chi connectivity index (χ1v) is 13.7. The second-order valence-corrected chi connectivity index (χ2v) is 11.2. The zero-order chi connectivity index (χ0) is 25.0. The number of nitrogens with one attached hydrogen (secondary N) is 1. The van der Waals surface area contributed by atoms with E-state index < -0.39 is 10.0 Å². The molecular weight excluding hydrogens is 504 g/mol. The van der Waals surface area contributed by atoms with E-state index >= 15 is 0 Å². The summed E-state index contributed by atoms with van der Waals surface area (Å²) in [5, 5.41) is 18.5. The number of sulfonamides is 1. The van der Waals surface area contributed by atoms with Gasteiger partial charge in [0.1, 0.15) is 0 Å². The predicted molar refractivity (Wildman–Crippen MR) is 142 cm³/mol. The number of benzene rings is 2. The molecule has 11 heteroatoms. The fourth-order valence-corrected chi connectivity index (χ4v) is 5.51. The average Bonchev–Trinajstić information content (AvgIpc) is 3.34. The minimum Gasteiger partial charge on any atom is -0.493 e. The molecule has 0 unspecified atom stereocenters. The SMILES string of the molecule is NS(=O)(=O)c1ccc(NC(=O)CCCCCn2c(O)c(/C=C3\C=Nc4ccccc43)sc2=S)cc1. The maximum Gasteiger partial charge on any atom is 0.238 e. The summed E-state index contributed by atoms with van der Waals surface area (Å²) in [5.41, 5.74) is 3.38. The maximum absolute atomic E-state index is 12.2. The first kappa shape index (κ1) is 25.0. The van der Waals surface area contributed by atoms with E-state index in [0.29, 0.717) is 33.9 Å². The molecule has 0 atom stereocenters. The number of carbonyl (C=O) groups is 1. The van der Waals surface area contributed by atoms with Gasteiger partial charge >= 0.3 is 0 Å². The molecule has 0 radical (unpaired) electrons. The number of para-hydroxylation sites is 1. The summed E-state index contributed by atoms with van der Waals surface area (Å²) in [4.78, 5) is 17.2. The van der Waals surface area contributed by atoms with Crippen LogP contribution in [0.3, 0.4) is 0 Å². The van der Waals surface area contributed by atoms with Crippen LogP contribution >= 0.6 is 23.6 Å². The van der Waals surface area contributed by atoms with E-state index in [-0.39, 0.29) is 16.7 Å². The van der Waals surface area contributed by atoms with E-state index in [1.54, 1.807) is 10.8 Å². The number of amides is 1. The normalized spacial score (nSPS) is 13.8. The fraction of sp³-hybridized carbons (Fsp3) is 0.208. The summed E-state index contributed by atoms with van der Waals surface area (Å²) in [7, 11) is -3.76. The second-order valence-electron chi connectivity index (χ2n) is 8.01. The lowest BCUT2D eigenvalue weighted by atomic mass is 10.1. The number of unbranched alkanes of at least 4 members (excludes halogenated alkanes) is 2. The topological polar surface area (TPSA) is 127 Å². The van der Waals surface area contributed by atoms with E-state index in [4.69, 9.17) is 17.4 Å². The molecule has 1 amide bonds. The van der Waals surface area contributed by atoms with Crippen molar-refractivity contribution in [3.05, 3.63) is 62.9 Å². The highest BCUT2D eigenvalue weighted by Gasteiger charge is 2.15. The highest BCUT2D eigenvalue weighted by molar-refractivity contribution is 7.89. The second kappa shape index (κ2) is 10.6. The van der Waals surface area contributed by atoms with Crippen LogP contribution in [0.1, 0.15) is 36.1 Å². The van der Waals surface area contributed by atoms with Crippen molar-refractivity contribution in [2.45, 2.75) is 37.1 Å². The summed E-state index contributed by atoms with van der Waals surface area (Å²) in [6, 6.07) is 13.5. The molecule has 1 aliphatic rings. The summed E-state index contributed by atoms with van der Waals surface area (Å²) >= 11 is 6.81. The van der Waals surface area contributed by atoms with E-state index in [2.05, 4.69) is 10.3 Å². The largest absolute Gasteiger partial charge is 0.493 e. The molecule has 0 saturated carbocycles. The molecular formula is C24H24N4O4S3. The van der Waals surface area contributed by atoms with Gasteiger partial charge in [-0.2, -0.15) is 0 Å². The third-order valence-corrected chi connectivity index (χ3v) is 7.81. The van der Waals surface area contributed by atoms with Gasteiger partial charge in [0.25, 0.3) is 0 Å². The van der Waals surface area contributed by atoms with E-state index in [1.807, 2.05) is 30.3 Å². The van der Waals surface area contributed by atoms with Gasteiger partial charge < -0.3 is 10.4 Å². The summed E-state index contributed by atoms with van der Waals surface area (Å²) in [5.74, 6) is -0.0123. The fourth-order valence-electron chi connectivity index (χ4n) is 3.68. The van der Waals surface area contributed by atoms with Crippen LogP contribution in [-0.4, -0.2) is 30.2 Å². The van der Waals surface area contributed by atoms with Gasteiger partial charge in [0, 0.05) is 36.0 Å². The molecule has 0 aliphatic carbocycles. The number of anilines is 1. The maximum atomic E-state index is 12.2. The van der Waals surface area contributed by atoms with E-state index in [1.165, 1.54) is 35.6 Å². The lowest BCUT2D eigenvalue weighted by molar-refractivity contribution is -0.116. The van der Waals surface area contributed by atoms with Crippen LogP contribution in [0.4, 0.5) is 11.4 Å². The Balaban J connectivity index is 1.26. The number of nitrogens with zero attached hydrogens (tertiary/aromatic N) is 2. The average molecular weight is 529 g/mol. The molecule has 1 aromatic heterocycles. The number of thiazole rings is 1. The van der Waals surface area contributed by atoms with E-state index in [9.17, 15) is 18.3 Å². The van der Waals surface area contributed by atoms with Crippen LogP contribution in [-0.2, 0) is 21.4 Å². The van der Waals surface area contributed by atoms with Crippen LogP contribution < -0.4 is 10.5 Å². The van der Waals surface area contributed by atoms with Crippen molar-refractivity contribution >= 4 is 68.7 Å². The highest BCUT2D eigenvalue weighted by atomic mass is 32.2. The number of hydrogen-bond donors (Lipinski definition) is 3. The van der Waals surface area contributed by atoms with Gasteiger partial charge in [0.05, 0.1) is 15.5 Å². The number of aliphatic imine (C=N–C) groups is 1. The third-order valence-electron chi connectivity index (χ3n) is 5.49. The number of hydrogen-bond acceptors (Lipinski definition) is 7. The minimum atomic E-state index is -3.76. The molecule has 2 heterocycles. The Morgan fingerprint density at radius 1 is 1.14 bits per heavy atom. The van der Waals surface area contributed by atoms with Crippen LogP contribution in [0.15, 0.2) is 58.4 Å². The summed E-state index contributed by atoms with van der Waals surface area (Å²) in [6.07, 6.45) is 6.23. The van der Waals surface area contributed by atoms with Crippen LogP contribution in [0.2, 0.25) is 0 Å². The Kier molecular flexibility index (Phi) is 7.60. The molecule has 2 aromatic carbocycles. The van der Waals surface area contributed by atoms with Crippen LogP contribution in [0.5, 0.6) is 5.88 Å². The Morgan fingerprint density at radius 3 is 2.63 bits per heavy atom. The van der Waals surface area contributed by atoms with Gasteiger partial charge in [-0.3, -0.25) is 14.4 Å². The van der Waals surface area contributed by atoms with E-state index in [0.717, 1.165) is 29.7 Å². The Morgan fingerprint density at radius 2 is 1.89 bits per heavy atom. The molecule has 4 rings (SSSR count). The molecule has 0 fully saturated rings. The number of rotatable bonds is 9. The number of carbonyl (C=O) groups excluding carboxylic acids is 1. The summed E-state index contributed by atoms with van der Waals surface area (Å²) < 4.78 is 24.9. The van der Waals surface area contributed by atoms with Gasteiger partial charge in [-0.25, -0.2) is 13.6 Å². The quantitative estimate of drug-likeness (QED) is 0.263. The standard InChI is InChI=1S/C24H24N4O4S3/c25-35(31,32)18-11-9-17(10-12-18)27-22(29)8-2-1-5-13-28-23(30)21(34-24(28)33)14-16-15-26-20-7-4-3-6-19(16)20/h3-4,6-7,9-12,14-15,30H,1-2,5,8,13H2,(H,27,29)(H2,25,31,32)/b16-14+. The minimum absolute atomic E-state index is 0.00803. The Bertz CT molecular complexity index is 1470. The number of aromatic nitrogens is 1. The molecule has 8 nitrogen and oxygen atoms in total. The smallest absolute Gasteiger partial charge is 0.238 e. The van der Waals surface area contributed by atoms with Crippen molar-refractivity contribution in [2.75, 3.05) is 5.32 Å². The van der Waals surface area contributed by atoms with Crippen molar-refractivity contribution in [1.82, 2.24) is 4.57 Å². The number of aromatic hydroxyl groups is 1. The number of nitrogens with two attached hydrogens (primary N) is 1. The number of primary sulfonamides is 1. The van der Waals surface area contributed by atoms with Crippen molar-refractivity contribution in [3.63, 3.8) is 0 Å². The molecule has 35 heavy (non-hydrogen) atoms. The monoisotopic (exact) mass is 528 g/mol. The lowest BCUT2D eigenvalue weighted by Gasteiger charge is -2.07. The zero-order valence-electron chi connectivity index (χ0n) is 18.7. The van der Waals surface area contributed by atoms with Crippen molar-refractivity contribution < 1.29 is 18.3 Å². The molecule has 4 N–H and O–H groups in total. The predicted octanol–water partition coefficient (Wildman–Crippen LogP) is 5.09. The Hall–Kier alpha value is -3.12. The highest BCUT2D eigenvalue weighted by Crippen LogP contribution is 2.35. The van der Waals surface area contributed by atoms with Gasteiger partial charge in [-0.1, -0.05) is 24.6 Å². The van der Waals surface area contributed by atoms with Crippen molar-refractivity contribution in [1.29, 1.82) is 0 Å². The molecule has 0 spiro atoms. The molecule has 3 aromatic rings. The van der Waals surface area contributed by atoms with Crippen LogP contribution in [0.25, 0.3) is 11.6 Å². The van der Waals surface area contributed by atoms with Crippen LogP contribution in [0, 0.1) is 3.95 Å². The lowest BCUT2D eigenvalue weighted by Crippen LogP contribution is -2.13. The molecule has 1 aliphatic heterocycles. The first-order chi connectivity index (χ1) is 16.7. The number of fused-ring (bicyclic) bond motifs is 1. The zero-order valence-corrected chi connectivity index (χ0v) is 21.1. The van der Waals surface area contributed by atoms with Gasteiger partial charge in [-0.05, 0) is 61.5 Å². The van der Waals surface area contributed by atoms with Gasteiger partial charge in [0.15, 0.2) is 3.95 Å². The third kappa shape index (κ3) is 6.12. The van der Waals surface area contributed by atoms with Crippen molar-refractivity contribution in [3.8, 4) is 5.88 Å².